The van der Waals surface area contributed by atoms with Gasteiger partial charge in [0.1, 0.15) is 0 Å². The van der Waals surface area contributed by atoms with Crippen LogP contribution < -0.4 is 5.32 Å². The predicted octanol–water partition coefficient (Wildman–Crippen LogP) is 3.95. The molecule has 1 N–H and O–H groups in total. The van der Waals surface area contributed by atoms with Crippen molar-refractivity contribution < 1.29 is 4.52 Å². The molecule has 2 rings (SSSR count). The van der Waals surface area contributed by atoms with Crippen LogP contribution in [0.15, 0.2) is 33.7 Å². The molecule has 0 saturated carbocycles. The van der Waals surface area contributed by atoms with Crippen LogP contribution in [0.5, 0.6) is 0 Å². The number of halogens is 1. The Kier molecular flexibility index (Phi) is 5.67. The molecule has 0 amide bonds. The van der Waals surface area contributed by atoms with Gasteiger partial charge in [-0.15, -0.1) is 11.8 Å². The number of nitrogens with one attached hydrogen (secondary N) is 1. The zero-order valence-corrected chi connectivity index (χ0v) is 14.1. The van der Waals surface area contributed by atoms with Crippen molar-refractivity contribution in [2.45, 2.75) is 43.4 Å². The zero-order chi connectivity index (χ0) is 15.3. The first-order chi connectivity index (χ1) is 9.92. The van der Waals surface area contributed by atoms with E-state index in [2.05, 4.69) is 36.2 Å². The molecule has 0 atom stereocenters. The average molecular weight is 326 g/mol. The minimum Gasteiger partial charge on any atom is -0.339 e. The van der Waals surface area contributed by atoms with Crippen molar-refractivity contribution in [2.24, 2.45) is 0 Å². The molecule has 0 radical (unpaired) electrons. The zero-order valence-electron chi connectivity index (χ0n) is 12.5. The number of hydrogen-bond donors (Lipinski definition) is 1. The van der Waals surface area contributed by atoms with E-state index >= 15 is 0 Å². The van der Waals surface area contributed by atoms with Crippen molar-refractivity contribution in [1.29, 1.82) is 0 Å². The van der Waals surface area contributed by atoms with E-state index in [0.29, 0.717) is 11.6 Å². The van der Waals surface area contributed by atoms with Crippen molar-refractivity contribution in [3.05, 3.63) is 41.0 Å². The third kappa shape index (κ3) is 6.08. The quantitative estimate of drug-likeness (QED) is 0.815. The van der Waals surface area contributed by atoms with E-state index in [0.717, 1.165) is 28.7 Å². The fraction of sp³-hybridized carbons (Fsp3) is 0.467. The second kappa shape index (κ2) is 7.29. The molecule has 0 saturated heterocycles. The molecule has 0 bridgehead atoms. The number of benzene rings is 1. The molecule has 0 unspecified atom stereocenters. The summed E-state index contributed by atoms with van der Waals surface area (Å²) in [5.41, 5.74) is 0.104. The molecule has 0 aliphatic carbocycles. The number of hydrogen-bond acceptors (Lipinski definition) is 5. The van der Waals surface area contributed by atoms with Gasteiger partial charge >= 0.3 is 0 Å². The van der Waals surface area contributed by atoms with Crippen LogP contribution in [0.3, 0.4) is 0 Å². The number of aromatic nitrogens is 2. The number of thioether (sulfide) groups is 1. The Labute approximate surface area is 134 Å². The molecule has 2 aromatic rings. The van der Waals surface area contributed by atoms with Crippen LogP contribution >= 0.6 is 23.4 Å². The third-order valence-electron chi connectivity index (χ3n) is 2.69. The van der Waals surface area contributed by atoms with Gasteiger partial charge in [0.25, 0.3) is 0 Å². The van der Waals surface area contributed by atoms with Crippen LogP contribution in [0.1, 0.15) is 32.5 Å². The SMILES string of the molecule is CC(C)(C)NCCc1nc(CSc2ccc(Cl)cc2)no1. The molecule has 114 valence electrons. The van der Waals surface area contributed by atoms with E-state index < -0.39 is 0 Å². The highest BCUT2D eigenvalue weighted by Crippen LogP contribution is 2.23. The van der Waals surface area contributed by atoms with Crippen LogP contribution in [-0.2, 0) is 12.2 Å². The third-order valence-corrected chi connectivity index (χ3v) is 3.95. The normalized spacial score (nSPS) is 11.8. The minimum absolute atomic E-state index is 0.104. The Hall–Kier alpha value is -1.04. The summed E-state index contributed by atoms with van der Waals surface area (Å²) in [6.45, 7) is 7.23. The Bertz CT molecular complexity index is 563. The van der Waals surface area contributed by atoms with E-state index in [4.69, 9.17) is 16.1 Å². The lowest BCUT2D eigenvalue weighted by Gasteiger charge is -2.19. The van der Waals surface area contributed by atoms with Gasteiger partial charge in [0.05, 0.1) is 5.75 Å². The van der Waals surface area contributed by atoms with Gasteiger partial charge in [0.15, 0.2) is 5.82 Å². The monoisotopic (exact) mass is 325 g/mol. The van der Waals surface area contributed by atoms with Crippen LogP contribution in [-0.4, -0.2) is 22.2 Å². The van der Waals surface area contributed by atoms with E-state index in [9.17, 15) is 0 Å². The van der Waals surface area contributed by atoms with Gasteiger partial charge in [-0.1, -0.05) is 16.8 Å². The van der Waals surface area contributed by atoms with E-state index in [1.54, 1.807) is 11.8 Å². The molecule has 0 aliphatic heterocycles. The maximum atomic E-state index is 5.86. The van der Waals surface area contributed by atoms with Gasteiger partial charge < -0.3 is 9.84 Å². The lowest BCUT2D eigenvalue weighted by Crippen LogP contribution is -2.37. The fourth-order valence-corrected chi connectivity index (χ4v) is 2.54. The molecule has 1 aromatic carbocycles. The van der Waals surface area contributed by atoms with Crippen molar-refractivity contribution >= 4 is 23.4 Å². The van der Waals surface area contributed by atoms with Crippen molar-refractivity contribution in [3.8, 4) is 0 Å². The summed E-state index contributed by atoms with van der Waals surface area (Å²) in [6, 6.07) is 7.73. The molecule has 4 nitrogen and oxygen atoms in total. The molecule has 1 heterocycles. The summed E-state index contributed by atoms with van der Waals surface area (Å²) < 4.78 is 5.25. The summed E-state index contributed by atoms with van der Waals surface area (Å²) in [7, 11) is 0. The molecule has 0 aliphatic rings. The first kappa shape index (κ1) is 16.3. The van der Waals surface area contributed by atoms with Crippen LogP contribution in [0.25, 0.3) is 0 Å². The van der Waals surface area contributed by atoms with Crippen molar-refractivity contribution in [3.63, 3.8) is 0 Å². The van der Waals surface area contributed by atoms with Crippen LogP contribution in [0.2, 0.25) is 5.02 Å². The standard InChI is InChI=1S/C15H20ClN3OS/c1-15(2,3)17-9-8-14-18-13(19-20-14)10-21-12-6-4-11(16)5-7-12/h4-7,17H,8-10H2,1-3H3. The Morgan fingerprint density at radius 1 is 1.24 bits per heavy atom. The summed E-state index contributed by atoms with van der Waals surface area (Å²) in [5.74, 6) is 2.09. The van der Waals surface area contributed by atoms with Gasteiger partial charge in [-0.3, -0.25) is 0 Å². The first-order valence-electron chi connectivity index (χ1n) is 6.87. The van der Waals surface area contributed by atoms with Crippen molar-refractivity contribution in [2.75, 3.05) is 6.54 Å². The van der Waals surface area contributed by atoms with Gasteiger partial charge in [0, 0.05) is 28.4 Å². The van der Waals surface area contributed by atoms with Crippen LogP contribution in [0, 0.1) is 0 Å². The number of nitrogens with zero attached hydrogens (tertiary/aromatic N) is 2. The molecular weight excluding hydrogens is 306 g/mol. The average Bonchev–Trinajstić information content (AvgIpc) is 2.85. The largest absolute Gasteiger partial charge is 0.339 e. The summed E-state index contributed by atoms with van der Waals surface area (Å²) in [4.78, 5) is 5.54. The molecule has 6 heteroatoms. The van der Waals surface area contributed by atoms with Gasteiger partial charge in [-0.2, -0.15) is 4.98 Å². The summed E-state index contributed by atoms with van der Waals surface area (Å²) >= 11 is 7.52. The van der Waals surface area contributed by atoms with Gasteiger partial charge in [-0.25, -0.2) is 0 Å². The molecule has 21 heavy (non-hydrogen) atoms. The van der Waals surface area contributed by atoms with Gasteiger partial charge in [0.2, 0.25) is 5.89 Å². The van der Waals surface area contributed by atoms with Crippen molar-refractivity contribution in [1.82, 2.24) is 15.5 Å². The lowest BCUT2D eigenvalue weighted by molar-refractivity contribution is 0.359. The predicted molar refractivity (Wildman–Crippen MR) is 86.8 cm³/mol. The highest BCUT2D eigenvalue weighted by molar-refractivity contribution is 7.98. The molecular formula is C15H20ClN3OS. The topological polar surface area (TPSA) is 51.0 Å². The summed E-state index contributed by atoms with van der Waals surface area (Å²) in [6.07, 6.45) is 0.746. The maximum absolute atomic E-state index is 5.86. The smallest absolute Gasteiger partial charge is 0.227 e. The Morgan fingerprint density at radius 3 is 2.62 bits per heavy atom. The minimum atomic E-state index is 0.104. The lowest BCUT2D eigenvalue weighted by atomic mass is 10.1. The first-order valence-corrected chi connectivity index (χ1v) is 8.23. The second-order valence-electron chi connectivity index (χ2n) is 5.77. The highest BCUT2D eigenvalue weighted by Gasteiger charge is 2.10. The van der Waals surface area contributed by atoms with E-state index in [1.165, 1.54) is 0 Å². The molecule has 0 fully saturated rings. The van der Waals surface area contributed by atoms with Crippen LogP contribution in [0.4, 0.5) is 0 Å². The fourth-order valence-electron chi connectivity index (χ4n) is 1.67. The Morgan fingerprint density at radius 2 is 1.95 bits per heavy atom. The maximum Gasteiger partial charge on any atom is 0.227 e. The molecule has 1 aromatic heterocycles. The van der Waals surface area contributed by atoms with E-state index in [-0.39, 0.29) is 5.54 Å². The molecule has 0 spiro atoms. The van der Waals surface area contributed by atoms with Gasteiger partial charge in [-0.05, 0) is 45.0 Å². The second-order valence-corrected chi connectivity index (χ2v) is 7.26. The Balaban J connectivity index is 1.79. The highest BCUT2D eigenvalue weighted by atomic mass is 35.5. The number of rotatable bonds is 6. The van der Waals surface area contributed by atoms with E-state index in [1.807, 2.05) is 24.3 Å². The summed E-state index contributed by atoms with van der Waals surface area (Å²) in [5, 5.41) is 8.14.